The number of nitrogens with one attached hydrogen (secondary N) is 1. The molecule has 0 radical (unpaired) electrons. The van der Waals surface area contributed by atoms with E-state index in [4.69, 9.17) is 0 Å². The smallest absolute Gasteiger partial charge is 0.255 e. The van der Waals surface area contributed by atoms with Gasteiger partial charge in [0.05, 0.1) is 5.56 Å². The lowest BCUT2D eigenvalue weighted by Crippen LogP contribution is -2.38. The molecule has 0 saturated carbocycles. The predicted octanol–water partition coefficient (Wildman–Crippen LogP) is 2.27. The van der Waals surface area contributed by atoms with Crippen molar-refractivity contribution in [3.63, 3.8) is 0 Å². The van der Waals surface area contributed by atoms with E-state index in [1.807, 2.05) is 25.9 Å². The van der Waals surface area contributed by atoms with Crippen LogP contribution in [0.2, 0.25) is 0 Å². The summed E-state index contributed by atoms with van der Waals surface area (Å²) in [5.74, 6) is -0.918. The Morgan fingerprint density at radius 2 is 2.18 bits per heavy atom. The molecule has 1 aromatic rings. The molecule has 0 aliphatic rings. The Morgan fingerprint density at radius 3 is 2.71 bits per heavy atom. The molecule has 1 rings (SSSR count). The summed E-state index contributed by atoms with van der Waals surface area (Å²) >= 11 is 3.17. The molecule has 1 amide bonds. The third-order valence-corrected chi connectivity index (χ3v) is 3.29. The lowest BCUT2D eigenvalue weighted by Gasteiger charge is -2.20. The first-order valence-corrected chi connectivity index (χ1v) is 6.11. The van der Waals surface area contributed by atoms with Crippen LogP contribution in [0, 0.1) is 5.82 Å². The zero-order chi connectivity index (χ0) is 13.0. The third-order valence-electron chi connectivity index (χ3n) is 2.63. The summed E-state index contributed by atoms with van der Waals surface area (Å²) < 4.78 is 13.9. The number of hydrogen-bond donors (Lipinski definition) is 1. The van der Waals surface area contributed by atoms with Crippen molar-refractivity contribution >= 4 is 21.8 Å². The van der Waals surface area contributed by atoms with Crippen LogP contribution in [0.4, 0.5) is 4.39 Å². The standard InChI is InChI=1S/C12H16BrFN2O/c1-8(16(2)3)7-15-12(17)11-9(13)5-4-6-10(11)14/h4-6,8H,7H2,1-3H3,(H,15,17). The Kier molecular flexibility index (Phi) is 5.08. The molecule has 0 fully saturated rings. The Balaban J connectivity index is 2.71. The van der Waals surface area contributed by atoms with Gasteiger partial charge in [-0.3, -0.25) is 4.79 Å². The molecular formula is C12H16BrFN2O. The van der Waals surface area contributed by atoms with Gasteiger partial charge in [-0.25, -0.2) is 4.39 Å². The topological polar surface area (TPSA) is 32.3 Å². The summed E-state index contributed by atoms with van der Waals surface area (Å²) in [6.07, 6.45) is 0. The summed E-state index contributed by atoms with van der Waals surface area (Å²) in [7, 11) is 3.85. The van der Waals surface area contributed by atoms with Gasteiger partial charge in [0.2, 0.25) is 0 Å². The second-order valence-corrected chi connectivity index (χ2v) is 4.97. The van der Waals surface area contributed by atoms with E-state index in [0.29, 0.717) is 11.0 Å². The quantitative estimate of drug-likeness (QED) is 0.925. The Morgan fingerprint density at radius 1 is 1.53 bits per heavy atom. The van der Waals surface area contributed by atoms with Crippen molar-refractivity contribution in [2.75, 3.05) is 20.6 Å². The van der Waals surface area contributed by atoms with Gasteiger partial charge in [0.25, 0.3) is 5.91 Å². The zero-order valence-electron chi connectivity index (χ0n) is 10.1. The van der Waals surface area contributed by atoms with E-state index in [9.17, 15) is 9.18 Å². The van der Waals surface area contributed by atoms with Gasteiger partial charge in [0, 0.05) is 17.1 Å². The van der Waals surface area contributed by atoms with E-state index in [-0.39, 0.29) is 11.6 Å². The molecule has 0 aliphatic carbocycles. The maximum absolute atomic E-state index is 13.5. The van der Waals surface area contributed by atoms with E-state index in [1.54, 1.807) is 12.1 Å². The number of amides is 1. The van der Waals surface area contributed by atoms with Crippen LogP contribution in [-0.4, -0.2) is 37.5 Å². The van der Waals surface area contributed by atoms with E-state index in [0.717, 1.165) is 0 Å². The van der Waals surface area contributed by atoms with Crippen molar-refractivity contribution in [3.05, 3.63) is 34.1 Å². The first-order chi connectivity index (χ1) is 7.93. The summed E-state index contributed by atoms with van der Waals surface area (Å²) in [4.78, 5) is 13.8. The van der Waals surface area contributed by atoms with Crippen LogP contribution in [0.5, 0.6) is 0 Å². The zero-order valence-corrected chi connectivity index (χ0v) is 11.7. The van der Waals surface area contributed by atoms with Gasteiger partial charge in [-0.2, -0.15) is 0 Å². The second kappa shape index (κ2) is 6.12. The number of rotatable bonds is 4. The van der Waals surface area contributed by atoms with Crippen LogP contribution in [0.1, 0.15) is 17.3 Å². The molecule has 0 heterocycles. The van der Waals surface area contributed by atoms with Crippen molar-refractivity contribution in [2.24, 2.45) is 0 Å². The van der Waals surface area contributed by atoms with Crippen molar-refractivity contribution in [1.82, 2.24) is 10.2 Å². The van der Waals surface area contributed by atoms with Crippen molar-refractivity contribution in [1.29, 1.82) is 0 Å². The largest absolute Gasteiger partial charge is 0.350 e. The third kappa shape index (κ3) is 3.78. The SMILES string of the molecule is CC(CNC(=O)c1c(F)cccc1Br)N(C)C. The van der Waals surface area contributed by atoms with E-state index in [2.05, 4.69) is 21.2 Å². The lowest BCUT2D eigenvalue weighted by molar-refractivity contribution is 0.0939. The molecule has 0 saturated heterocycles. The molecule has 1 aromatic carbocycles. The normalized spacial score (nSPS) is 12.6. The monoisotopic (exact) mass is 302 g/mol. The molecule has 0 aliphatic heterocycles. The van der Waals surface area contributed by atoms with Gasteiger partial charge in [0.1, 0.15) is 5.82 Å². The first-order valence-electron chi connectivity index (χ1n) is 5.32. The minimum atomic E-state index is -0.519. The summed E-state index contributed by atoms with van der Waals surface area (Å²) in [5.41, 5.74) is 0.0541. The second-order valence-electron chi connectivity index (χ2n) is 4.12. The molecule has 5 heteroatoms. The molecule has 0 aromatic heterocycles. The molecule has 0 spiro atoms. The number of carbonyl (C=O) groups excluding carboxylic acids is 1. The number of likely N-dealkylation sites (N-methyl/N-ethyl adjacent to an activating group) is 1. The van der Waals surface area contributed by atoms with Crippen molar-refractivity contribution in [3.8, 4) is 0 Å². The van der Waals surface area contributed by atoms with Gasteiger partial charge >= 0.3 is 0 Å². The Hall–Kier alpha value is -0.940. The fourth-order valence-electron chi connectivity index (χ4n) is 1.23. The predicted molar refractivity (Wildman–Crippen MR) is 69.6 cm³/mol. The van der Waals surface area contributed by atoms with Crippen LogP contribution in [0.3, 0.4) is 0 Å². The molecule has 0 bridgehead atoms. The summed E-state index contributed by atoms with van der Waals surface area (Å²) in [6.45, 7) is 2.46. The Bertz CT molecular complexity index is 389. The minimum absolute atomic E-state index is 0.0541. The molecule has 94 valence electrons. The van der Waals surface area contributed by atoms with Gasteiger partial charge in [-0.15, -0.1) is 0 Å². The van der Waals surface area contributed by atoms with Crippen molar-refractivity contribution in [2.45, 2.75) is 13.0 Å². The Labute approximate surface area is 109 Å². The highest BCUT2D eigenvalue weighted by Gasteiger charge is 2.16. The average Bonchev–Trinajstić information content (AvgIpc) is 2.25. The number of carbonyl (C=O) groups is 1. The van der Waals surface area contributed by atoms with Crippen LogP contribution < -0.4 is 5.32 Å². The first kappa shape index (κ1) is 14.1. The number of hydrogen-bond acceptors (Lipinski definition) is 2. The molecule has 17 heavy (non-hydrogen) atoms. The van der Waals surface area contributed by atoms with E-state index in [1.165, 1.54) is 6.07 Å². The van der Waals surface area contributed by atoms with Gasteiger partial charge in [-0.05, 0) is 49.1 Å². The highest BCUT2D eigenvalue weighted by Crippen LogP contribution is 2.19. The number of halogens is 2. The van der Waals surface area contributed by atoms with Crippen LogP contribution in [-0.2, 0) is 0 Å². The highest BCUT2D eigenvalue weighted by molar-refractivity contribution is 9.10. The van der Waals surface area contributed by atoms with Gasteiger partial charge < -0.3 is 10.2 Å². The lowest BCUT2D eigenvalue weighted by atomic mass is 10.2. The molecule has 1 N–H and O–H groups in total. The van der Waals surface area contributed by atoms with Crippen LogP contribution in [0.25, 0.3) is 0 Å². The molecule has 3 nitrogen and oxygen atoms in total. The fraction of sp³-hybridized carbons (Fsp3) is 0.417. The van der Waals surface area contributed by atoms with Crippen LogP contribution in [0.15, 0.2) is 22.7 Å². The van der Waals surface area contributed by atoms with Crippen LogP contribution >= 0.6 is 15.9 Å². The van der Waals surface area contributed by atoms with Gasteiger partial charge in [0.15, 0.2) is 0 Å². The maximum Gasteiger partial charge on any atom is 0.255 e. The minimum Gasteiger partial charge on any atom is -0.350 e. The summed E-state index contributed by atoms with van der Waals surface area (Å²) in [6, 6.07) is 4.67. The highest BCUT2D eigenvalue weighted by atomic mass is 79.9. The maximum atomic E-state index is 13.5. The molecule has 1 atom stereocenters. The molecular weight excluding hydrogens is 287 g/mol. The fourth-order valence-corrected chi connectivity index (χ4v) is 1.75. The van der Waals surface area contributed by atoms with Gasteiger partial charge in [-0.1, -0.05) is 6.07 Å². The summed E-state index contributed by atoms with van der Waals surface area (Å²) in [5, 5.41) is 2.71. The molecule has 1 unspecified atom stereocenters. The number of benzene rings is 1. The van der Waals surface area contributed by atoms with E-state index < -0.39 is 11.7 Å². The average molecular weight is 303 g/mol. The van der Waals surface area contributed by atoms with Crippen molar-refractivity contribution < 1.29 is 9.18 Å². The number of nitrogens with zero attached hydrogens (tertiary/aromatic N) is 1. The van der Waals surface area contributed by atoms with E-state index >= 15 is 0 Å².